The van der Waals surface area contributed by atoms with Gasteiger partial charge in [-0.3, -0.25) is 0 Å². The van der Waals surface area contributed by atoms with Crippen LogP contribution in [0.1, 0.15) is 19.8 Å². The van der Waals surface area contributed by atoms with E-state index in [1.54, 1.807) is 0 Å². The van der Waals surface area contributed by atoms with Crippen LogP contribution in [0.25, 0.3) is 0 Å². The number of hydrogen-bond donors (Lipinski definition) is 0. The van der Waals surface area contributed by atoms with Gasteiger partial charge in [-0.05, 0) is 6.42 Å². The first-order valence-corrected chi connectivity index (χ1v) is 11.5. The van der Waals surface area contributed by atoms with Gasteiger partial charge in [-0.15, -0.1) is 0 Å². The van der Waals surface area contributed by atoms with Gasteiger partial charge in [-0.1, -0.05) is 6.92 Å². The lowest BCUT2D eigenvalue weighted by molar-refractivity contribution is -0.108. The van der Waals surface area contributed by atoms with Crippen molar-refractivity contribution in [2.45, 2.75) is 19.8 Å². The summed E-state index contributed by atoms with van der Waals surface area (Å²) in [7, 11) is 0. The van der Waals surface area contributed by atoms with E-state index in [1.807, 2.05) is 0 Å². The molecule has 0 aliphatic rings. The highest BCUT2D eigenvalue weighted by atomic mass is 16.6. The van der Waals surface area contributed by atoms with Gasteiger partial charge in [-0.2, -0.15) is 0 Å². The third kappa shape index (κ3) is 29.3. The fourth-order valence-corrected chi connectivity index (χ4v) is 2.14. The van der Waals surface area contributed by atoms with Crippen molar-refractivity contribution in [2.75, 3.05) is 119 Å². The minimum Gasteiger partial charge on any atom is -0.379 e. The molecule has 32 heavy (non-hydrogen) atoms. The summed E-state index contributed by atoms with van der Waals surface area (Å²) in [6.45, 7) is 11.9. The summed E-state index contributed by atoms with van der Waals surface area (Å²) in [6, 6.07) is 0. The van der Waals surface area contributed by atoms with E-state index in [1.165, 1.54) is 0 Å². The van der Waals surface area contributed by atoms with Crippen molar-refractivity contribution in [3.63, 3.8) is 0 Å². The van der Waals surface area contributed by atoms with Crippen molar-refractivity contribution in [2.24, 2.45) is 0 Å². The van der Waals surface area contributed by atoms with Gasteiger partial charge in [0.25, 0.3) is 0 Å². The van der Waals surface area contributed by atoms with E-state index in [0.717, 1.165) is 19.3 Å². The molecule has 10 heteroatoms. The Bertz CT molecular complexity index is 347. The van der Waals surface area contributed by atoms with Crippen LogP contribution < -0.4 is 0 Å². The van der Waals surface area contributed by atoms with Gasteiger partial charge in [-0.25, -0.2) is 0 Å². The Morgan fingerprint density at radius 2 is 0.594 bits per heavy atom. The lowest BCUT2D eigenvalue weighted by atomic mass is 10.5. The van der Waals surface area contributed by atoms with Crippen molar-refractivity contribution < 1.29 is 47.4 Å². The topological polar surface area (TPSA) is 100 Å². The molecule has 0 saturated carbocycles. The van der Waals surface area contributed by atoms with Crippen LogP contribution >= 0.6 is 0 Å². The first-order valence-electron chi connectivity index (χ1n) is 11.5. The summed E-state index contributed by atoms with van der Waals surface area (Å²) in [5.74, 6) is 0. The molecule has 0 atom stereocenters. The molecule has 10 nitrogen and oxygen atoms in total. The highest BCUT2D eigenvalue weighted by Gasteiger charge is 1.95. The van der Waals surface area contributed by atoms with Gasteiger partial charge in [0.15, 0.2) is 0 Å². The van der Waals surface area contributed by atoms with Crippen LogP contribution in [0, 0.1) is 0 Å². The average Bonchev–Trinajstić information content (AvgIpc) is 2.81. The molecule has 0 heterocycles. The fraction of sp³-hybridized carbons (Fsp3) is 0.955. The molecule has 0 rings (SSSR count). The minimum atomic E-state index is 0.421. The van der Waals surface area contributed by atoms with E-state index in [4.69, 9.17) is 42.6 Å². The highest BCUT2D eigenvalue weighted by molar-refractivity contribution is 5.49. The Morgan fingerprint density at radius 3 is 0.812 bits per heavy atom. The highest BCUT2D eigenvalue weighted by Crippen LogP contribution is 1.86. The maximum Gasteiger partial charge on any atom is 0.122 e. The summed E-state index contributed by atoms with van der Waals surface area (Å²) in [6.07, 6.45) is 2.28. The van der Waals surface area contributed by atoms with Crippen molar-refractivity contribution in [1.29, 1.82) is 0 Å². The molecule has 0 spiro atoms. The number of aldehydes is 1. The number of hydrogen-bond acceptors (Lipinski definition) is 10. The van der Waals surface area contributed by atoms with Gasteiger partial charge in [0.05, 0.1) is 112 Å². The lowest BCUT2D eigenvalue weighted by Crippen LogP contribution is -2.15. The second-order valence-corrected chi connectivity index (χ2v) is 6.47. The van der Waals surface area contributed by atoms with Gasteiger partial charge >= 0.3 is 0 Å². The van der Waals surface area contributed by atoms with Gasteiger partial charge in [0, 0.05) is 13.0 Å². The maximum absolute atomic E-state index is 10.1. The largest absolute Gasteiger partial charge is 0.379 e. The van der Waals surface area contributed by atoms with Crippen LogP contribution in [0.15, 0.2) is 0 Å². The molecular weight excluding hydrogens is 424 g/mol. The van der Waals surface area contributed by atoms with E-state index in [2.05, 4.69) is 6.92 Å². The minimum absolute atomic E-state index is 0.421. The second kappa shape index (κ2) is 30.3. The first-order chi connectivity index (χ1) is 15.9. The van der Waals surface area contributed by atoms with Crippen LogP contribution in [0.5, 0.6) is 0 Å². The molecule has 0 saturated heterocycles. The lowest BCUT2D eigenvalue weighted by Gasteiger charge is -2.08. The van der Waals surface area contributed by atoms with Gasteiger partial charge in [0.1, 0.15) is 6.29 Å². The van der Waals surface area contributed by atoms with Crippen molar-refractivity contribution in [3.05, 3.63) is 0 Å². The van der Waals surface area contributed by atoms with Crippen LogP contribution in [0.2, 0.25) is 0 Å². The third-order valence-electron chi connectivity index (χ3n) is 3.70. The van der Waals surface area contributed by atoms with E-state index in [0.29, 0.717) is 119 Å². The number of carbonyl (C=O) groups excluding carboxylic acids is 1. The average molecular weight is 469 g/mol. The second-order valence-electron chi connectivity index (χ2n) is 6.47. The summed E-state index contributed by atoms with van der Waals surface area (Å²) >= 11 is 0. The Balaban J connectivity index is 2.99. The molecule has 0 bridgehead atoms. The fourth-order valence-electron chi connectivity index (χ4n) is 2.14. The Morgan fingerprint density at radius 1 is 0.375 bits per heavy atom. The summed E-state index contributed by atoms with van der Waals surface area (Å²) in [5.41, 5.74) is 0. The number of carbonyl (C=O) groups is 1. The van der Waals surface area contributed by atoms with Crippen LogP contribution in [0.4, 0.5) is 0 Å². The van der Waals surface area contributed by atoms with Gasteiger partial charge in [0.2, 0.25) is 0 Å². The molecule has 0 amide bonds. The molecule has 0 N–H and O–H groups in total. The zero-order chi connectivity index (χ0) is 23.2. The van der Waals surface area contributed by atoms with Crippen molar-refractivity contribution >= 4 is 6.29 Å². The van der Waals surface area contributed by atoms with E-state index in [-0.39, 0.29) is 0 Å². The SMILES string of the molecule is CCCOCCOCCOCCOCCOCCOCCOCCOCCOCCC=O. The van der Waals surface area contributed by atoms with Crippen LogP contribution in [-0.4, -0.2) is 125 Å². The normalized spacial score (nSPS) is 11.3. The third-order valence-corrected chi connectivity index (χ3v) is 3.70. The predicted molar refractivity (Wildman–Crippen MR) is 118 cm³/mol. The van der Waals surface area contributed by atoms with E-state index in [9.17, 15) is 4.79 Å². The monoisotopic (exact) mass is 468 g/mol. The molecule has 0 radical (unpaired) electrons. The predicted octanol–water partition coefficient (Wildman–Crippen LogP) is 1.13. The Labute approximate surface area is 193 Å². The zero-order valence-electron chi connectivity index (χ0n) is 19.8. The zero-order valence-corrected chi connectivity index (χ0v) is 19.8. The smallest absolute Gasteiger partial charge is 0.122 e. The standard InChI is InChI=1S/C22H44O10/c1-2-5-24-7-9-26-11-13-28-15-17-30-19-21-32-22-20-31-18-16-29-14-12-27-10-8-25-6-3-4-23/h4H,2-3,5-22H2,1H3. The van der Waals surface area contributed by atoms with Crippen LogP contribution in [0.3, 0.4) is 0 Å². The van der Waals surface area contributed by atoms with Crippen LogP contribution in [-0.2, 0) is 47.4 Å². The maximum atomic E-state index is 10.1. The molecule has 0 aromatic heterocycles. The Kier molecular flexibility index (Phi) is 29.7. The quantitative estimate of drug-likeness (QED) is 0.117. The summed E-state index contributed by atoms with van der Waals surface area (Å²) < 4.78 is 48.3. The molecule has 0 fully saturated rings. The van der Waals surface area contributed by atoms with E-state index >= 15 is 0 Å². The molecule has 0 aromatic carbocycles. The molecule has 0 aliphatic carbocycles. The number of rotatable bonds is 29. The molecular formula is C22H44O10. The van der Waals surface area contributed by atoms with Crippen molar-refractivity contribution in [1.82, 2.24) is 0 Å². The summed E-state index contributed by atoms with van der Waals surface area (Å²) in [4.78, 5) is 10.1. The van der Waals surface area contributed by atoms with Crippen molar-refractivity contribution in [3.8, 4) is 0 Å². The Hall–Kier alpha value is -0.690. The summed E-state index contributed by atoms with van der Waals surface area (Å²) in [5, 5.41) is 0. The molecule has 0 aliphatic heterocycles. The van der Waals surface area contributed by atoms with Gasteiger partial charge < -0.3 is 47.4 Å². The molecule has 192 valence electrons. The molecule has 0 aromatic rings. The van der Waals surface area contributed by atoms with E-state index < -0.39 is 0 Å². The number of ether oxygens (including phenoxy) is 9. The molecule has 0 unspecified atom stereocenters. The first kappa shape index (κ1) is 31.3.